The van der Waals surface area contributed by atoms with E-state index in [1.807, 2.05) is 12.1 Å². The van der Waals surface area contributed by atoms with E-state index in [4.69, 9.17) is 0 Å². The zero-order valence-electron chi connectivity index (χ0n) is 16.8. The molecule has 0 amide bonds. The van der Waals surface area contributed by atoms with Crippen molar-refractivity contribution >= 4 is 6.08 Å². The fourth-order valence-electron chi connectivity index (χ4n) is 4.15. The molecule has 0 aliphatic carbocycles. The molecule has 1 fully saturated rings. The highest BCUT2D eigenvalue weighted by Gasteiger charge is 2.20. The van der Waals surface area contributed by atoms with Crippen molar-refractivity contribution in [3.63, 3.8) is 0 Å². The van der Waals surface area contributed by atoms with Gasteiger partial charge in [-0.1, -0.05) is 78.9 Å². The Bertz CT molecular complexity index is 922. The molecule has 2 heteroatoms. The third kappa shape index (κ3) is 5.65. The summed E-state index contributed by atoms with van der Waals surface area (Å²) >= 11 is 0. The zero-order chi connectivity index (χ0) is 19.9. The summed E-state index contributed by atoms with van der Waals surface area (Å²) in [6.07, 6.45) is 7.76. The van der Waals surface area contributed by atoms with E-state index in [1.165, 1.54) is 29.5 Å². The van der Waals surface area contributed by atoms with E-state index in [2.05, 4.69) is 71.6 Å². The summed E-state index contributed by atoms with van der Waals surface area (Å²) in [5.74, 6) is 0.463. The Labute approximate surface area is 173 Å². The van der Waals surface area contributed by atoms with Gasteiger partial charge >= 0.3 is 0 Å². The van der Waals surface area contributed by atoms with E-state index >= 15 is 0 Å². The summed E-state index contributed by atoms with van der Waals surface area (Å²) in [6, 6.07) is 26.3. The summed E-state index contributed by atoms with van der Waals surface area (Å²) in [5, 5.41) is 0. The second-order valence-corrected chi connectivity index (χ2v) is 7.94. The van der Waals surface area contributed by atoms with Gasteiger partial charge in [0, 0.05) is 6.54 Å². The van der Waals surface area contributed by atoms with Gasteiger partial charge in [0.25, 0.3) is 0 Å². The summed E-state index contributed by atoms with van der Waals surface area (Å²) in [7, 11) is 0. The van der Waals surface area contributed by atoms with Crippen molar-refractivity contribution in [1.29, 1.82) is 0 Å². The highest BCUT2D eigenvalue weighted by molar-refractivity contribution is 5.48. The van der Waals surface area contributed by atoms with E-state index < -0.39 is 0 Å². The Hall–Kier alpha value is -2.71. The largest absolute Gasteiger partial charge is 0.300 e. The fraction of sp³-hybridized carbons (Fsp3) is 0.259. The third-order valence-corrected chi connectivity index (χ3v) is 5.81. The molecule has 4 rings (SSSR count). The molecule has 1 aliphatic rings. The van der Waals surface area contributed by atoms with Gasteiger partial charge in [0.05, 0.1) is 0 Å². The predicted octanol–water partition coefficient (Wildman–Crippen LogP) is 6.31. The van der Waals surface area contributed by atoms with Crippen LogP contribution in [-0.2, 0) is 6.42 Å². The van der Waals surface area contributed by atoms with Crippen molar-refractivity contribution in [3.05, 3.63) is 113 Å². The maximum atomic E-state index is 13.1. The maximum absolute atomic E-state index is 13.1. The smallest absolute Gasteiger partial charge is 0.123 e. The van der Waals surface area contributed by atoms with Crippen LogP contribution in [-0.4, -0.2) is 24.5 Å². The average Bonchev–Trinajstić information content (AvgIpc) is 2.77. The van der Waals surface area contributed by atoms with Crippen LogP contribution in [0.25, 0.3) is 6.08 Å². The molecule has 0 radical (unpaired) electrons. The molecule has 0 spiro atoms. The summed E-state index contributed by atoms with van der Waals surface area (Å²) in [4.78, 5) is 2.54. The molecule has 0 bridgehead atoms. The number of hydrogen-bond donors (Lipinski definition) is 0. The molecule has 0 saturated carbocycles. The van der Waals surface area contributed by atoms with Crippen LogP contribution in [0.4, 0.5) is 4.39 Å². The van der Waals surface area contributed by atoms with Crippen LogP contribution in [0, 0.1) is 5.82 Å². The van der Waals surface area contributed by atoms with Gasteiger partial charge in [-0.05, 0) is 72.7 Å². The van der Waals surface area contributed by atoms with Gasteiger partial charge in [-0.25, -0.2) is 4.39 Å². The topological polar surface area (TPSA) is 3.24 Å². The number of halogens is 1. The standard InChI is InChI=1S/C27H28FN/c28-27-13-11-23(12-14-27)20-24-8-4-10-26(21-24)25-15-18-29(19-16-25)17-5-9-22-6-2-1-3-7-22/h1-14,21,25H,15-20H2. The van der Waals surface area contributed by atoms with Crippen molar-refractivity contribution in [3.8, 4) is 0 Å². The van der Waals surface area contributed by atoms with Gasteiger partial charge in [-0.2, -0.15) is 0 Å². The quantitative estimate of drug-likeness (QED) is 0.481. The van der Waals surface area contributed by atoms with Crippen LogP contribution in [0.15, 0.2) is 84.9 Å². The maximum Gasteiger partial charge on any atom is 0.123 e. The molecule has 1 nitrogen and oxygen atoms in total. The minimum Gasteiger partial charge on any atom is -0.300 e. The first kappa shape index (κ1) is 19.6. The first-order chi connectivity index (χ1) is 14.3. The molecular weight excluding hydrogens is 357 g/mol. The lowest BCUT2D eigenvalue weighted by molar-refractivity contribution is 0.233. The van der Waals surface area contributed by atoms with Crippen LogP contribution in [0.5, 0.6) is 0 Å². The number of piperidine rings is 1. The minimum absolute atomic E-state index is 0.173. The Balaban J connectivity index is 1.30. The molecule has 1 saturated heterocycles. The van der Waals surface area contributed by atoms with Gasteiger partial charge in [-0.15, -0.1) is 0 Å². The first-order valence-electron chi connectivity index (χ1n) is 10.5. The van der Waals surface area contributed by atoms with Crippen molar-refractivity contribution < 1.29 is 4.39 Å². The van der Waals surface area contributed by atoms with E-state index in [9.17, 15) is 4.39 Å². The fourth-order valence-corrected chi connectivity index (χ4v) is 4.15. The minimum atomic E-state index is -0.173. The number of rotatable bonds is 6. The van der Waals surface area contributed by atoms with Crippen LogP contribution in [0.2, 0.25) is 0 Å². The molecule has 0 aromatic heterocycles. The van der Waals surface area contributed by atoms with Crippen LogP contribution < -0.4 is 0 Å². The normalized spacial score (nSPS) is 15.8. The predicted molar refractivity (Wildman–Crippen MR) is 120 cm³/mol. The second kappa shape index (κ2) is 9.67. The number of hydrogen-bond acceptors (Lipinski definition) is 1. The molecule has 1 heterocycles. The molecular formula is C27H28FN. The lowest BCUT2D eigenvalue weighted by Gasteiger charge is -2.31. The lowest BCUT2D eigenvalue weighted by atomic mass is 9.88. The van der Waals surface area contributed by atoms with Crippen molar-refractivity contribution in [2.24, 2.45) is 0 Å². The summed E-state index contributed by atoms with van der Waals surface area (Å²) in [5.41, 5.74) is 5.18. The average molecular weight is 386 g/mol. The van der Waals surface area contributed by atoms with Crippen LogP contribution >= 0.6 is 0 Å². The van der Waals surface area contributed by atoms with Gasteiger partial charge in [0.1, 0.15) is 5.82 Å². The van der Waals surface area contributed by atoms with Crippen LogP contribution in [0.1, 0.15) is 41.0 Å². The molecule has 29 heavy (non-hydrogen) atoms. The van der Waals surface area contributed by atoms with Crippen molar-refractivity contribution in [2.75, 3.05) is 19.6 Å². The lowest BCUT2D eigenvalue weighted by Crippen LogP contribution is -2.33. The third-order valence-electron chi connectivity index (χ3n) is 5.81. The first-order valence-corrected chi connectivity index (χ1v) is 10.5. The Morgan fingerprint density at radius 1 is 0.828 bits per heavy atom. The highest BCUT2D eigenvalue weighted by atomic mass is 19.1. The monoisotopic (exact) mass is 385 g/mol. The highest BCUT2D eigenvalue weighted by Crippen LogP contribution is 2.29. The molecule has 3 aromatic carbocycles. The van der Waals surface area contributed by atoms with Gasteiger partial charge < -0.3 is 0 Å². The van der Waals surface area contributed by atoms with E-state index in [1.54, 1.807) is 12.1 Å². The molecule has 148 valence electrons. The Kier molecular flexibility index (Phi) is 6.53. The van der Waals surface area contributed by atoms with Crippen molar-refractivity contribution in [1.82, 2.24) is 4.90 Å². The Morgan fingerprint density at radius 3 is 2.34 bits per heavy atom. The summed E-state index contributed by atoms with van der Waals surface area (Å²) < 4.78 is 13.1. The second-order valence-electron chi connectivity index (χ2n) is 7.94. The summed E-state index contributed by atoms with van der Waals surface area (Å²) in [6.45, 7) is 3.31. The van der Waals surface area contributed by atoms with Crippen molar-refractivity contribution in [2.45, 2.75) is 25.2 Å². The van der Waals surface area contributed by atoms with E-state index in [0.717, 1.165) is 31.6 Å². The zero-order valence-corrected chi connectivity index (χ0v) is 16.8. The number of benzene rings is 3. The Morgan fingerprint density at radius 2 is 1.59 bits per heavy atom. The molecule has 1 aliphatic heterocycles. The van der Waals surface area contributed by atoms with Gasteiger partial charge in [0.15, 0.2) is 0 Å². The van der Waals surface area contributed by atoms with Crippen LogP contribution in [0.3, 0.4) is 0 Å². The number of nitrogens with zero attached hydrogens (tertiary/aromatic N) is 1. The SMILES string of the molecule is Fc1ccc(Cc2cccc(C3CCN(CC=Cc4ccccc4)CC3)c2)cc1. The van der Waals surface area contributed by atoms with E-state index in [-0.39, 0.29) is 5.82 Å². The van der Waals surface area contributed by atoms with E-state index in [0.29, 0.717) is 5.92 Å². The van der Waals surface area contributed by atoms with Gasteiger partial charge in [0.2, 0.25) is 0 Å². The molecule has 0 N–H and O–H groups in total. The molecule has 0 atom stereocenters. The molecule has 0 unspecified atom stereocenters. The molecule has 3 aromatic rings. The number of likely N-dealkylation sites (tertiary alicyclic amines) is 1. The van der Waals surface area contributed by atoms with Gasteiger partial charge in [-0.3, -0.25) is 4.90 Å².